The van der Waals surface area contributed by atoms with Crippen molar-refractivity contribution in [2.24, 2.45) is 0 Å². The molecule has 0 atom stereocenters. The quantitative estimate of drug-likeness (QED) is 0.284. The van der Waals surface area contributed by atoms with E-state index in [0.717, 1.165) is 54.3 Å². The van der Waals surface area contributed by atoms with E-state index in [2.05, 4.69) is 4.90 Å². The molecule has 7 nitrogen and oxygen atoms in total. The van der Waals surface area contributed by atoms with Gasteiger partial charge in [-0.05, 0) is 53.1 Å². The summed E-state index contributed by atoms with van der Waals surface area (Å²) in [6.07, 6.45) is 0. The van der Waals surface area contributed by atoms with Crippen LogP contribution in [0.4, 0.5) is 0 Å². The lowest BCUT2D eigenvalue weighted by Gasteiger charge is -2.26. The lowest BCUT2D eigenvalue weighted by Crippen LogP contribution is -2.38. The Hall–Kier alpha value is -2.68. The highest BCUT2D eigenvalue weighted by molar-refractivity contribution is 7.08. The van der Waals surface area contributed by atoms with E-state index in [9.17, 15) is 10.0 Å². The molecule has 0 spiro atoms. The molecule has 1 fully saturated rings. The van der Waals surface area contributed by atoms with E-state index in [1.165, 1.54) is 7.05 Å². The van der Waals surface area contributed by atoms with Crippen LogP contribution >= 0.6 is 11.3 Å². The van der Waals surface area contributed by atoms with Gasteiger partial charge in [-0.25, -0.2) is 9.53 Å². The molecule has 0 amide bonds. The molecule has 8 heteroatoms. The second kappa shape index (κ2) is 9.64. The molecule has 2 heterocycles. The van der Waals surface area contributed by atoms with Crippen molar-refractivity contribution >= 4 is 28.6 Å². The molecule has 0 saturated carbocycles. The van der Waals surface area contributed by atoms with Crippen LogP contribution < -0.4 is 4.74 Å². The van der Waals surface area contributed by atoms with Crippen molar-refractivity contribution in [2.75, 3.05) is 53.1 Å². The Bertz CT molecular complexity index is 1000. The van der Waals surface area contributed by atoms with Crippen LogP contribution in [-0.2, 0) is 14.3 Å². The number of esters is 1. The van der Waals surface area contributed by atoms with Gasteiger partial charge in [0.05, 0.1) is 25.4 Å². The number of hydroxylamine groups is 1. The molecule has 1 aliphatic carbocycles. The fourth-order valence-electron chi connectivity index (χ4n) is 3.97. The van der Waals surface area contributed by atoms with Crippen molar-refractivity contribution < 1.29 is 23.7 Å². The van der Waals surface area contributed by atoms with Gasteiger partial charge in [0.1, 0.15) is 25.0 Å². The zero-order valence-corrected chi connectivity index (χ0v) is 18.6. The SMILES string of the molecule is CCOC(=O)C1=C(c2ccsc2)c2ccc(OCCN3CCOCC3)cc2/C1=[N+](/C)[O-]. The van der Waals surface area contributed by atoms with Gasteiger partial charge in [-0.2, -0.15) is 11.3 Å². The molecule has 0 N–H and O–H groups in total. The maximum absolute atomic E-state index is 12.9. The van der Waals surface area contributed by atoms with Gasteiger partial charge >= 0.3 is 5.97 Å². The molecule has 1 saturated heterocycles. The zero-order chi connectivity index (χ0) is 21.8. The number of benzene rings is 1. The second-order valence-electron chi connectivity index (χ2n) is 7.34. The number of thiophene rings is 1. The fourth-order valence-corrected chi connectivity index (χ4v) is 4.61. The molecule has 2 aromatic rings. The molecule has 0 bridgehead atoms. The van der Waals surface area contributed by atoms with Gasteiger partial charge < -0.3 is 19.4 Å². The highest BCUT2D eigenvalue weighted by Gasteiger charge is 2.39. The van der Waals surface area contributed by atoms with E-state index in [0.29, 0.717) is 29.2 Å². The summed E-state index contributed by atoms with van der Waals surface area (Å²) in [5.41, 5.74) is 3.76. The van der Waals surface area contributed by atoms with Crippen LogP contribution in [0.5, 0.6) is 5.75 Å². The number of fused-ring (bicyclic) bond motifs is 1. The lowest BCUT2D eigenvalue weighted by molar-refractivity contribution is -0.421. The Morgan fingerprint density at radius 1 is 1.26 bits per heavy atom. The molecule has 31 heavy (non-hydrogen) atoms. The number of rotatable bonds is 7. The number of hydrogen-bond acceptors (Lipinski definition) is 7. The molecule has 1 aliphatic heterocycles. The molecule has 164 valence electrons. The standard InChI is InChI=1S/C23H26N2O5S/c1-3-29-23(26)21-20(16-6-13-31-15-16)18-5-4-17(14-19(18)22(21)24(2)27)30-12-9-25-7-10-28-11-8-25/h4-6,13-15H,3,7-12H2,1-2H3/b24-22+. The van der Waals surface area contributed by atoms with Crippen LogP contribution in [-0.4, -0.2) is 74.4 Å². The van der Waals surface area contributed by atoms with E-state index in [-0.39, 0.29) is 6.61 Å². The van der Waals surface area contributed by atoms with E-state index in [4.69, 9.17) is 14.2 Å². The van der Waals surface area contributed by atoms with E-state index in [1.807, 2.05) is 35.0 Å². The minimum absolute atomic E-state index is 0.237. The largest absolute Gasteiger partial charge is 0.624 e. The van der Waals surface area contributed by atoms with Gasteiger partial charge in [0.15, 0.2) is 0 Å². The van der Waals surface area contributed by atoms with Crippen LogP contribution in [0.1, 0.15) is 23.6 Å². The molecule has 1 aromatic carbocycles. The average Bonchev–Trinajstić information content (AvgIpc) is 3.40. The highest BCUT2D eigenvalue weighted by atomic mass is 32.1. The number of hydrogen-bond donors (Lipinski definition) is 0. The maximum Gasteiger partial charge on any atom is 0.345 e. The first-order valence-electron chi connectivity index (χ1n) is 10.4. The Labute approximate surface area is 185 Å². The molecule has 0 unspecified atom stereocenters. The van der Waals surface area contributed by atoms with Gasteiger partial charge in [-0.3, -0.25) is 4.90 Å². The topological polar surface area (TPSA) is 74.1 Å². The van der Waals surface area contributed by atoms with Crippen molar-refractivity contribution in [3.63, 3.8) is 0 Å². The smallest absolute Gasteiger partial charge is 0.345 e. The summed E-state index contributed by atoms with van der Waals surface area (Å²) < 4.78 is 17.4. The van der Waals surface area contributed by atoms with Crippen LogP contribution in [0, 0.1) is 5.21 Å². The monoisotopic (exact) mass is 442 g/mol. The minimum Gasteiger partial charge on any atom is -0.624 e. The van der Waals surface area contributed by atoms with Crippen molar-refractivity contribution in [2.45, 2.75) is 6.92 Å². The summed E-state index contributed by atoms with van der Waals surface area (Å²) in [5.74, 6) is 0.175. The Morgan fingerprint density at radius 2 is 2.06 bits per heavy atom. The van der Waals surface area contributed by atoms with Crippen LogP contribution in [0.25, 0.3) is 5.57 Å². The third-order valence-electron chi connectivity index (χ3n) is 5.39. The maximum atomic E-state index is 12.9. The van der Waals surface area contributed by atoms with E-state index < -0.39 is 5.97 Å². The molecule has 2 aliphatic rings. The summed E-state index contributed by atoms with van der Waals surface area (Å²) >= 11 is 1.54. The number of carbonyl (C=O) groups excluding carboxylic acids is 1. The normalized spacial score (nSPS) is 18.1. The van der Waals surface area contributed by atoms with Gasteiger partial charge in [0.25, 0.3) is 0 Å². The summed E-state index contributed by atoms with van der Waals surface area (Å²) in [6.45, 7) is 6.66. The Morgan fingerprint density at radius 3 is 2.74 bits per heavy atom. The van der Waals surface area contributed by atoms with Gasteiger partial charge in [0.2, 0.25) is 5.71 Å². The average molecular weight is 443 g/mol. The zero-order valence-electron chi connectivity index (χ0n) is 17.8. The second-order valence-corrected chi connectivity index (χ2v) is 8.12. The predicted molar refractivity (Wildman–Crippen MR) is 120 cm³/mol. The van der Waals surface area contributed by atoms with Crippen molar-refractivity contribution in [1.29, 1.82) is 0 Å². The molecule has 1 aromatic heterocycles. The van der Waals surface area contributed by atoms with Crippen LogP contribution in [0.15, 0.2) is 40.6 Å². The van der Waals surface area contributed by atoms with Crippen molar-refractivity contribution in [3.05, 3.63) is 62.5 Å². The highest BCUT2D eigenvalue weighted by Crippen LogP contribution is 2.40. The minimum atomic E-state index is -0.493. The van der Waals surface area contributed by atoms with E-state index in [1.54, 1.807) is 18.3 Å². The summed E-state index contributed by atoms with van der Waals surface area (Å²) in [4.78, 5) is 15.2. The predicted octanol–water partition coefficient (Wildman–Crippen LogP) is 2.77. The fraction of sp³-hybridized carbons (Fsp3) is 0.391. The number of carbonyl (C=O) groups is 1. The van der Waals surface area contributed by atoms with Gasteiger partial charge in [-0.15, -0.1) is 0 Å². The number of morpholine rings is 1. The third-order valence-corrected chi connectivity index (χ3v) is 6.07. The first-order valence-corrected chi connectivity index (χ1v) is 11.3. The third kappa shape index (κ3) is 4.51. The Kier molecular flexibility index (Phi) is 6.70. The van der Waals surface area contributed by atoms with Crippen molar-refractivity contribution in [3.8, 4) is 5.75 Å². The Balaban J connectivity index is 1.65. The summed E-state index contributed by atoms with van der Waals surface area (Å²) in [7, 11) is 1.40. The molecular formula is C23H26N2O5S. The van der Waals surface area contributed by atoms with Crippen LogP contribution in [0.2, 0.25) is 0 Å². The van der Waals surface area contributed by atoms with Crippen LogP contribution in [0.3, 0.4) is 0 Å². The summed E-state index contributed by atoms with van der Waals surface area (Å²) in [6, 6.07) is 7.60. The van der Waals surface area contributed by atoms with Gasteiger partial charge in [0, 0.05) is 25.2 Å². The lowest BCUT2D eigenvalue weighted by atomic mass is 10.00. The first-order chi connectivity index (χ1) is 15.1. The molecule has 0 radical (unpaired) electrons. The number of ether oxygens (including phenoxy) is 3. The van der Waals surface area contributed by atoms with E-state index >= 15 is 0 Å². The van der Waals surface area contributed by atoms with Gasteiger partial charge in [-0.1, -0.05) is 0 Å². The first kappa shape index (κ1) is 21.5. The molecule has 4 rings (SSSR count). The molecular weight excluding hydrogens is 416 g/mol. The summed E-state index contributed by atoms with van der Waals surface area (Å²) in [5, 5.41) is 16.5. The van der Waals surface area contributed by atoms with Crippen molar-refractivity contribution in [1.82, 2.24) is 4.90 Å². The number of nitrogens with zero attached hydrogens (tertiary/aromatic N) is 2.